The molecule has 0 amide bonds. The molecule has 27 heavy (non-hydrogen) atoms. The van der Waals surface area contributed by atoms with Gasteiger partial charge in [0.15, 0.2) is 0 Å². The van der Waals surface area contributed by atoms with Gasteiger partial charge < -0.3 is 19.9 Å². The van der Waals surface area contributed by atoms with Gasteiger partial charge in [0.2, 0.25) is 0 Å². The Balaban J connectivity index is 1.65. The number of hydrogen-bond acceptors (Lipinski definition) is 3. The van der Waals surface area contributed by atoms with Crippen molar-refractivity contribution in [2.75, 3.05) is 20.3 Å². The van der Waals surface area contributed by atoms with Crippen molar-refractivity contribution in [3.8, 4) is 11.5 Å². The van der Waals surface area contributed by atoms with Gasteiger partial charge in [-0.2, -0.15) is 0 Å². The molecule has 0 radical (unpaired) electrons. The molecule has 2 N–H and O–H groups in total. The van der Waals surface area contributed by atoms with Crippen LogP contribution < -0.4 is 15.2 Å². The number of benzene rings is 2. The second-order valence-corrected chi connectivity index (χ2v) is 8.20. The summed E-state index contributed by atoms with van der Waals surface area (Å²) in [5.41, 5.74) is 2.61. The van der Waals surface area contributed by atoms with Crippen molar-refractivity contribution in [3.05, 3.63) is 59.7 Å². The smallest absolute Gasteiger partial charge is 0.111 e. The van der Waals surface area contributed by atoms with Gasteiger partial charge in [-0.15, -0.1) is 0 Å². The monoisotopic (exact) mass is 369 g/mol. The van der Waals surface area contributed by atoms with Gasteiger partial charge in [0.25, 0.3) is 0 Å². The molecule has 1 saturated heterocycles. The van der Waals surface area contributed by atoms with Crippen molar-refractivity contribution in [2.24, 2.45) is 0 Å². The number of quaternary nitrogens is 1. The maximum absolute atomic E-state index is 11.7. The molecule has 1 atom stereocenters. The lowest BCUT2D eigenvalue weighted by molar-refractivity contribution is -0.672. The van der Waals surface area contributed by atoms with Crippen molar-refractivity contribution in [1.82, 2.24) is 0 Å². The van der Waals surface area contributed by atoms with Gasteiger partial charge >= 0.3 is 0 Å². The Morgan fingerprint density at radius 1 is 1.15 bits per heavy atom. The van der Waals surface area contributed by atoms with Crippen molar-refractivity contribution in [2.45, 2.75) is 50.7 Å². The molecule has 2 aromatic carbocycles. The Morgan fingerprint density at radius 3 is 2.63 bits per heavy atom. The summed E-state index contributed by atoms with van der Waals surface area (Å²) in [7, 11) is 1.54. The van der Waals surface area contributed by atoms with E-state index >= 15 is 0 Å². The minimum Gasteiger partial charge on any atom is -0.870 e. The van der Waals surface area contributed by atoms with Gasteiger partial charge in [-0.3, -0.25) is 0 Å². The summed E-state index contributed by atoms with van der Waals surface area (Å²) in [4.78, 5) is 0. The zero-order valence-corrected chi connectivity index (χ0v) is 16.7. The molecule has 146 valence electrons. The van der Waals surface area contributed by atoms with E-state index in [1.54, 1.807) is 13.2 Å². The molecule has 1 heterocycles. The van der Waals surface area contributed by atoms with E-state index in [-0.39, 0.29) is 16.8 Å². The van der Waals surface area contributed by atoms with Crippen LogP contribution in [0.25, 0.3) is 0 Å². The van der Waals surface area contributed by atoms with Crippen molar-refractivity contribution >= 4 is 0 Å². The van der Waals surface area contributed by atoms with Crippen LogP contribution in [0.1, 0.15) is 44.2 Å². The molecular formula is C23H31NO3. The fourth-order valence-corrected chi connectivity index (χ4v) is 4.36. The predicted octanol–water partition coefficient (Wildman–Crippen LogP) is 2.75. The van der Waals surface area contributed by atoms with Crippen LogP contribution in [0.5, 0.6) is 11.5 Å². The van der Waals surface area contributed by atoms with Gasteiger partial charge in [-0.25, -0.2) is 0 Å². The van der Waals surface area contributed by atoms with E-state index in [0.29, 0.717) is 5.75 Å². The second kappa shape index (κ2) is 8.32. The summed E-state index contributed by atoms with van der Waals surface area (Å²) >= 11 is 0. The van der Waals surface area contributed by atoms with Crippen molar-refractivity contribution in [3.63, 3.8) is 0 Å². The fraction of sp³-hybridized carbons (Fsp3) is 0.478. The molecule has 1 unspecified atom stereocenters. The van der Waals surface area contributed by atoms with E-state index in [4.69, 9.17) is 9.47 Å². The number of rotatable bonds is 7. The number of ether oxygens (including phenoxy) is 2. The standard InChI is InChI=1S/C23H31NO3/c1-22(2)17-23(12-14-27-22,19-7-5-4-6-8-19)11-13-24-16-18-9-10-20(25)21(15-18)26-3/h4-10,15,24-25H,11-14,16-17H2,1-3H3. The van der Waals surface area contributed by atoms with Gasteiger partial charge in [-0.1, -0.05) is 48.2 Å². The first kappa shape index (κ1) is 19.7. The van der Waals surface area contributed by atoms with Crippen LogP contribution in [0.4, 0.5) is 0 Å². The van der Waals surface area contributed by atoms with Gasteiger partial charge in [0.05, 0.1) is 19.3 Å². The molecule has 3 rings (SSSR count). The van der Waals surface area contributed by atoms with E-state index in [2.05, 4.69) is 49.5 Å². The summed E-state index contributed by atoms with van der Waals surface area (Å²) in [5.74, 6) is 0.363. The van der Waals surface area contributed by atoms with Crippen molar-refractivity contribution < 1.29 is 19.9 Å². The fourth-order valence-electron chi connectivity index (χ4n) is 4.36. The molecule has 0 saturated carbocycles. The second-order valence-electron chi connectivity index (χ2n) is 8.20. The summed E-state index contributed by atoms with van der Waals surface area (Å²) in [6.45, 7) is 7.09. The molecule has 0 aromatic heterocycles. The average molecular weight is 370 g/mol. The first-order valence-corrected chi connectivity index (χ1v) is 9.79. The minimum absolute atomic E-state index is 0.0614. The number of nitrogens with two attached hydrogens (primary N) is 1. The van der Waals surface area contributed by atoms with Crippen LogP contribution in [0.15, 0.2) is 48.5 Å². The lowest BCUT2D eigenvalue weighted by Crippen LogP contribution is -2.83. The Labute approximate surface area is 162 Å². The Hall–Kier alpha value is -2.04. The summed E-state index contributed by atoms with van der Waals surface area (Å²) in [5, 5.41) is 14.0. The SMILES string of the molecule is COc1cc(C[NH2+]CCC2(c3ccccc3)CCOC(C)(C)C2)ccc1[O-]. The quantitative estimate of drug-likeness (QED) is 0.764. The van der Waals surface area contributed by atoms with E-state index in [0.717, 1.165) is 44.5 Å². The Morgan fingerprint density at radius 2 is 1.93 bits per heavy atom. The first-order valence-electron chi connectivity index (χ1n) is 9.79. The molecule has 0 aliphatic carbocycles. The molecule has 1 aliphatic rings. The van der Waals surface area contributed by atoms with Gasteiger partial charge in [-0.05, 0) is 38.3 Å². The van der Waals surface area contributed by atoms with Crippen LogP contribution in [0, 0.1) is 0 Å². The van der Waals surface area contributed by atoms with Gasteiger partial charge in [0.1, 0.15) is 12.3 Å². The van der Waals surface area contributed by atoms with Crippen molar-refractivity contribution in [1.29, 1.82) is 0 Å². The third kappa shape index (κ3) is 4.82. The van der Waals surface area contributed by atoms with Crippen LogP contribution in [0.2, 0.25) is 0 Å². The maximum atomic E-state index is 11.7. The molecule has 0 spiro atoms. The molecule has 2 aromatic rings. The summed E-state index contributed by atoms with van der Waals surface area (Å²) in [6.07, 6.45) is 3.21. The van der Waals surface area contributed by atoms with E-state index < -0.39 is 0 Å². The normalized spacial score (nSPS) is 21.7. The van der Waals surface area contributed by atoms with Crippen LogP contribution in [-0.4, -0.2) is 25.9 Å². The van der Waals surface area contributed by atoms with Crippen LogP contribution >= 0.6 is 0 Å². The lowest BCUT2D eigenvalue weighted by atomic mass is 9.67. The van der Waals surface area contributed by atoms with E-state index in [1.807, 2.05) is 12.1 Å². The zero-order valence-electron chi connectivity index (χ0n) is 16.7. The third-order valence-corrected chi connectivity index (χ3v) is 5.66. The molecule has 4 nitrogen and oxygen atoms in total. The van der Waals surface area contributed by atoms with E-state index in [1.165, 1.54) is 5.56 Å². The highest BCUT2D eigenvalue weighted by atomic mass is 16.5. The molecule has 1 fully saturated rings. The third-order valence-electron chi connectivity index (χ3n) is 5.66. The van der Waals surface area contributed by atoms with Crippen LogP contribution in [0.3, 0.4) is 0 Å². The first-order chi connectivity index (χ1) is 12.9. The Bertz CT molecular complexity index is 745. The highest BCUT2D eigenvalue weighted by Gasteiger charge is 2.42. The molecule has 4 heteroatoms. The maximum Gasteiger partial charge on any atom is 0.111 e. The minimum atomic E-state index is -0.0919. The molecular weight excluding hydrogens is 338 g/mol. The predicted molar refractivity (Wildman–Crippen MR) is 105 cm³/mol. The summed E-state index contributed by atoms with van der Waals surface area (Å²) < 4.78 is 11.1. The van der Waals surface area contributed by atoms with E-state index in [9.17, 15) is 5.11 Å². The topological polar surface area (TPSA) is 58.1 Å². The Kier molecular flexibility index (Phi) is 6.08. The highest BCUT2D eigenvalue weighted by molar-refractivity contribution is 5.40. The number of hydrogen-bond donors (Lipinski definition) is 1. The summed E-state index contributed by atoms with van der Waals surface area (Å²) in [6, 6.07) is 16.2. The van der Waals surface area contributed by atoms with Crippen LogP contribution in [-0.2, 0) is 16.7 Å². The average Bonchev–Trinajstić information content (AvgIpc) is 2.66. The highest BCUT2D eigenvalue weighted by Crippen LogP contribution is 2.43. The largest absolute Gasteiger partial charge is 0.870 e. The lowest BCUT2D eigenvalue weighted by Gasteiger charge is -2.45. The number of methoxy groups -OCH3 is 1. The molecule has 1 aliphatic heterocycles. The molecule has 0 bridgehead atoms. The zero-order chi connectivity index (χ0) is 19.3. The van der Waals surface area contributed by atoms with Gasteiger partial charge in [0, 0.05) is 24.0 Å².